The van der Waals surface area contributed by atoms with Gasteiger partial charge in [0.25, 0.3) is 5.91 Å². The molecule has 5 nitrogen and oxygen atoms in total. The van der Waals surface area contributed by atoms with Crippen molar-refractivity contribution in [2.45, 2.75) is 39.3 Å². The van der Waals surface area contributed by atoms with E-state index in [2.05, 4.69) is 21.2 Å². The minimum atomic E-state index is -0.653. The first-order chi connectivity index (χ1) is 13.9. The molecule has 2 aromatic carbocycles. The fourth-order valence-corrected chi connectivity index (χ4v) is 2.93. The molecule has 0 saturated carbocycles. The Kier molecular flexibility index (Phi) is 9.12. The van der Waals surface area contributed by atoms with E-state index in [4.69, 9.17) is 4.74 Å². The third-order valence-electron chi connectivity index (χ3n) is 4.44. The van der Waals surface area contributed by atoms with Crippen LogP contribution >= 0.6 is 15.9 Å². The highest BCUT2D eigenvalue weighted by Gasteiger charge is 2.26. The van der Waals surface area contributed by atoms with Gasteiger partial charge in [-0.25, -0.2) is 4.39 Å². The van der Waals surface area contributed by atoms with Crippen molar-refractivity contribution in [3.05, 3.63) is 64.4 Å². The Morgan fingerprint density at radius 3 is 2.41 bits per heavy atom. The summed E-state index contributed by atoms with van der Waals surface area (Å²) >= 11 is 3.39. The van der Waals surface area contributed by atoms with Crippen molar-refractivity contribution in [3.63, 3.8) is 0 Å². The van der Waals surface area contributed by atoms with Crippen molar-refractivity contribution >= 4 is 27.7 Å². The van der Waals surface area contributed by atoms with Crippen LogP contribution in [0.3, 0.4) is 0 Å². The summed E-state index contributed by atoms with van der Waals surface area (Å²) in [4.78, 5) is 26.9. The van der Waals surface area contributed by atoms with Gasteiger partial charge in [0.15, 0.2) is 6.61 Å². The number of benzene rings is 2. The fraction of sp³-hybridized carbons (Fsp3) is 0.364. The van der Waals surface area contributed by atoms with Gasteiger partial charge in [-0.3, -0.25) is 9.59 Å². The van der Waals surface area contributed by atoms with E-state index in [0.29, 0.717) is 12.3 Å². The number of ether oxygens (including phenoxy) is 1. The van der Waals surface area contributed by atoms with Crippen LogP contribution in [0.5, 0.6) is 5.75 Å². The van der Waals surface area contributed by atoms with Gasteiger partial charge >= 0.3 is 0 Å². The first kappa shape index (κ1) is 22.9. The molecule has 2 amide bonds. The molecule has 0 aromatic heterocycles. The SMILES string of the molecule is CCCCNC(=O)[C@H](C)N(Cc1ccc(Br)cc1)C(=O)COc1ccc(F)cc1. The number of amides is 2. The lowest BCUT2D eigenvalue weighted by molar-refractivity contribution is -0.142. The molecular weight excluding hydrogens is 439 g/mol. The molecule has 0 aliphatic carbocycles. The van der Waals surface area contributed by atoms with Gasteiger partial charge in [-0.05, 0) is 55.3 Å². The lowest BCUT2D eigenvalue weighted by Crippen LogP contribution is -2.49. The maximum absolute atomic E-state index is 13.0. The highest BCUT2D eigenvalue weighted by Crippen LogP contribution is 2.16. The van der Waals surface area contributed by atoms with Crippen LogP contribution in [0.4, 0.5) is 4.39 Å². The number of hydrogen-bond acceptors (Lipinski definition) is 3. The van der Waals surface area contributed by atoms with Crippen molar-refractivity contribution < 1.29 is 18.7 Å². The Labute approximate surface area is 179 Å². The molecule has 0 aliphatic heterocycles. The van der Waals surface area contributed by atoms with Crippen LogP contribution in [0.15, 0.2) is 53.0 Å². The smallest absolute Gasteiger partial charge is 0.261 e. The second-order valence-electron chi connectivity index (χ2n) is 6.71. The number of carbonyl (C=O) groups excluding carboxylic acids is 2. The number of carbonyl (C=O) groups is 2. The molecule has 0 spiro atoms. The van der Waals surface area contributed by atoms with Crippen LogP contribution in [-0.4, -0.2) is 35.9 Å². The van der Waals surface area contributed by atoms with E-state index in [1.165, 1.54) is 29.2 Å². The average Bonchev–Trinajstić information content (AvgIpc) is 2.72. The first-order valence-corrected chi connectivity index (χ1v) is 10.4. The number of nitrogens with one attached hydrogen (secondary N) is 1. The van der Waals surface area contributed by atoms with Gasteiger partial charge in [0.2, 0.25) is 5.91 Å². The second-order valence-corrected chi connectivity index (χ2v) is 7.63. The lowest BCUT2D eigenvalue weighted by Gasteiger charge is -2.28. The van der Waals surface area contributed by atoms with Crippen LogP contribution in [0.1, 0.15) is 32.3 Å². The standard InChI is InChI=1S/C22H26BrFN2O3/c1-3-4-13-25-22(28)16(2)26(14-17-5-7-18(23)8-6-17)21(27)15-29-20-11-9-19(24)10-12-20/h5-12,16H,3-4,13-15H2,1-2H3,(H,25,28)/t16-/m0/s1. The van der Waals surface area contributed by atoms with Crippen LogP contribution < -0.4 is 10.1 Å². The molecule has 0 bridgehead atoms. The number of hydrogen-bond donors (Lipinski definition) is 1. The van der Waals surface area contributed by atoms with Gasteiger partial charge in [0, 0.05) is 17.6 Å². The summed E-state index contributed by atoms with van der Waals surface area (Å²) in [6, 6.07) is 12.4. The van der Waals surface area contributed by atoms with Gasteiger partial charge in [-0.2, -0.15) is 0 Å². The quantitative estimate of drug-likeness (QED) is 0.533. The molecule has 7 heteroatoms. The Balaban J connectivity index is 2.08. The Hall–Kier alpha value is -2.41. The van der Waals surface area contributed by atoms with Crippen LogP contribution in [-0.2, 0) is 16.1 Å². The summed E-state index contributed by atoms with van der Waals surface area (Å²) in [5, 5.41) is 2.87. The largest absolute Gasteiger partial charge is 0.484 e. The second kappa shape index (κ2) is 11.6. The van der Waals surface area contributed by atoms with Gasteiger partial charge in [-0.1, -0.05) is 41.4 Å². The van der Waals surface area contributed by atoms with Gasteiger partial charge in [-0.15, -0.1) is 0 Å². The third kappa shape index (κ3) is 7.49. The predicted octanol–water partition coefficient (Wildman–Crippen LogP) is 4.30. The number of unbranched alkanes of at least 4 members (excludes halogenated alkanes) is 1. The molecular formula is C22H26BrFN2O3. The van der Waals surface area contributed by atoms with Gasteiger partial charge in [0.1, 0.15) is 17.6 Å². The maximum Gasteiger partial charge on any atom is 0.261 e. The van der Waals surface area contributed by atoms with E-state index in [-0.39, 0.29) is 30.8 Å². The van der Waals surface area contributed by atoms with Crippen molar-refractivity contribution in [1.82, 2.24) is 10.2 Å². The maximum atomic E-state index is 13.0. The molecule has 1 atom stereocenters. The van der Waals surface area contributed by atoms with E-state index < -0.39 is 6.04 Å². The van der Waals surface area contributed by atoms with E-state index >= 15 is 0 Å². The van der Waals surface area contributed by atoms with E-state index in [1.807, 2.05) is 31.2 Å². The molecule has 2 rings (SSSR count). The molecule has 0 aliphatic rings. The summed E-state index contributed by atoms with van der Waals surface area (Å²) in [6.07, 6.45) is 1.86. The molecule has 1 N–H and O–H groups in total. The highest BCUT2D eigenvalue weighted by atomic mass is 79.9. The molecule has 0 fully saturated rings. The summed E-state index contributed by atoms with van der Waals surface area (Å²) in [7, 11) is 0. The predicted molar refractivity (Wildman–Crippen MR) is 114 cm³/mol. The Morgan fingerprint density at radius 2 is 1.79 bits per heavy atom. The number of nitrogens with zero attached hydrogens (tertiary/aromatic N) is 1. The van der Waals surface area contributed by atoms with Crippen molar-refractivity contribution in [3.8, 4) is 5.75 Å². The molecule has 0 unspecified atom stereocenters. The van der Waals surface area contributed by atoms with Gasteiger partial charge < -0.3 is 15.0 Å². The first-order valence-electron chi connectivity index (χ1n) is 9.60. The summed E-state index contributed by atoms with van der Waals surface area (Å²) < 4.78 is 19.5. The zero-order valence-electron chi connectivity index (χ0n) is 16.7. The average molecular weight is 465 g/mol. The summed E-state index contributed by atoms with van der Waals surface area (Å²) in [5.41, 5.74) is 0.900. The van der Waals surface area contributed by atoms with E-state index in [0.717, 1.165) is 22.9 Å². The molecule has 0 saturated heterocycles. The summed E-state index contributed by atoms with van der Waals surface area (Å²) in [6.45, 7) is 4.36. The Morgan fingerprint density at radius 1 is 1.14 bits per heavy atom. The number of rotatable bonds is 10. The minimum absolute atomic E-state index is 0.203. The molecule has 29 heavy (non-hydrogen) atoms. The number of halogens is 2. The fourth-order valence-electron chi connectivity index (χ4n) is 2.66. The zero-order valence-corrected chi connectivity index (χ0v) is 18.2. The zero-order chi connectivity index (χ0) is 21.2. The molecule has 2 aromatic rings. The van der Waals surface area contributed by atoms with Crippen LogP contribution in [0.2, 0.25) is 0 Å². The molecule has 0 heterocycles. The van der Waals surface area contributed by atoms with Crippen molar-refractivity contribution in [2.24, 2.45) is 0 Å². The lowest BCUT2D eigenvalue weighted by atomic mass is 10.1. The summed E-state index contributed by atoms with van der Waals surface area (Å²) in [5.74, 6) is -0.512. The minimum Gasteiger partial charge on any atom is -0.484 e. The third-order valence-corrected chi connectivity index (χ3v) is 4.97. The molecule has 156 valence electrons. The normalized spacial score (nSPS) is 11.6. The molecule has 0 radical (unpaired) electrons. The highest BCUT2D eigenvalue weighted by molar-refractivity contribution is 9.10. The van der Waals surface area contributed by atoms with Crippen molar-refractivity contribution in [1.29, 1.82) is 0 Å². The van der Waals surface area contributed by atoms with Gasteiger partial charge in [0.05, 0.1) is 0 Å². The van der Waals surface area contributed by atoms with Crippen LogP contribution in [0.25, 0.3) is 0 Å². The van der Waals surface area contributed by atoms with E-state index in [9.17, 15) is 14.0 Å². The monoisotopic (exact) mass is 464 g/mol. The Bertz CT molecular complexity index is 797. The topological polar surface area (TPSA) is 58.6 Å². The van der Waals surface area contributed by atoms with Crippen LogP contribution in [0, 0.1) is 5.82 Å². The van der Waals surface area contributed by atoms with E-state index in [1.54, 1.807) is 6.92 Å². The van der Waals surface area contributed by atoms with Crippen molar-refractivity contribution in [2.75, 3.05) is 13.2 Å².